The van der Waals surface area contributed by atoms with Gasteiger partial charge in [0.15, 0.2) is 0 Å². The molecule has 32 heavy (non-hydrogen) atoms. The molecule has 5 rings (SSSR count). The number of aliphatic hydroxyl groups is 1. The van der Waals surface area contributed by atoms with Gasteiger partial charge in [-0.1, -0.05) is 67.5 Å². The zero-order chi connectivity index (χ0) is 23.4. The molecule has 0 amide bonds. The monoisotopic (exact) mass is 440 g/mol. The van der Waals surface area contributed by atoms with E-state index in [1.54, 1.807) is 0 Å². The maximum Gasteiger partial charge on any atom is 0.0594 e. The summed E-state index contributed by atoms with van der Waals surface area (Å²) in [5.41, 5.74) is 2.63. The van der Waals surface area contributed by atoms with Crippen LogP contribution in [-0.2, 0) is 0 Å². The van der Waals surface area contributed by atoms with Crippen LogP contribution in [-0.4, -0.2) is 11.2 Å². The largest absolute Gasteiger partial charge is 0.393 e. The number of allylic oxidation sites excluding steroid dienone is 2. The van der Waals surface area contributed by atoms with Crippen LogP contribution in [0.3, 0.4) is 0 Å². The molecule has 5 saturated carbocycles. The molecule has 5 aliphatic carbocycles. The van der Waals surface area contributed by atoms with E-state index in [0.717, 1.165) is 30.1 Å². The standard InChI is InChI=1S/C31H52O/c1-21(10-9-15-26(2,3)4)22-13-16-29(8)24-12-11-23-27(5,6)25(32)14-17-30(23)20-31(24,30)19-18-28(22,29)7/h9,15,21-25,32H,10-14,16-20H2,1-8H3/b15-9+/t21-,22-,23+,24+,25+,28-,29+,30-,31+/m1/s1. The van der Waals surface area contributed by atoms with E-state index in [1.165, 1.54) is 57.8 Å². The molecule has 0 aliphatic heterocycles. The molecule has 1 heteroatoms. The highest BCUT2D eigenvalue weighted by atomic mass is 16.3. The van der Waals surface area contributed by atoms with Crippen molar-refractivity contribution in [3.8, 4) is 0 Å². The fraction of sp³-hybridized carbons (Fsp3) is 0.935. The summed E-state index contributed by atoms with van der Waals surface area (Å²) in [6.07, 6.45) is 18.6. The van der Waals surface area contributed by atoms with E-state index in [-0.39, 0.29) is 11.5 Å². The van der Waals surface area contributed by atoms with E-state index in [0.29, 0.717) is 27.1 Å². The summed E-state index contributed by atoms with van der Waals surface area (Å²) in [5.74, 6) is 3.36. The molecule has 1 nitrogen and oxygen atoms in total. The first kappa shape index (κ1) is 23.4. The third kappa shape index (κ3) is 2.85. The minimum atomic E-state index is -0.0883. The van der Waals surface area contributed by atoms with Crippen molar-refractivity contribution in [2.24, 2.45) is 56.2 Å². The third-order valence-electron chi connectivity index (χ3n) is 13.0. The van der Waals surface area contributed by atoms with Crippen molar-refractivity contribution in [2.75, 3.05) is 0 Å². The summed E-state index contributed by atoms with van der Waals surface area (Å²) in [5, 5.41) is 10.9. The normalized spacial score (nSPS) is 52.7. The van der Waals surface area contributed by atoms with Gasteiger partial charge in [0.1, 0.15) is 0 Å². The van der Waals surface area contributed by atoms with Gasteiger partial charge >= 0.3 is 0 Å². The van der Waals surface area contributed by atoms with Crippen LogP contribution in [0, 0.1) is 56.2 Å². The van der Waals surface area contributed by atoms with Crippen LogP contribution < -0.4 is 0 Å². The van der Waals surface area contributed by atoms with Crippen LogP contribution in [0.15, 0.2) is 12.2 Å². The second-order valence-corrected chi connectivity index (χ2v) is 15.5. The average molecular weight is 441 g/mol. The van der Waals surface area contributed by atoms with Crippen LogP contribution in [0.4, 0.5) is 0 Å². The lowest BCUT2D eigenvalue weighted by molar-refractivity contribution is -0.161. The Hall–Kier alpha value is -0.300. The van der Waals surface area contributed by atoms with Crippen molar-refractivity contribution >= 4 is 0 Å². The molecule has 0 aromatic rings. The van der Waals surface area contributed by atoms with Crippen LogP contribution in [0.1, 0.15) is 120 Å². The fourth-order valence-corrected chi connectivity index (χ4v) is 11.1. The van der Waals surface area contributed by atoms with Crippen LogP contribution in [0.5, 0.6) is 0 Å². The van der Waals surface area contributed by atoms with Crippen molar-refractivity contribution in [3.05, 3.63) is 12.2 Å². The molecule has 0 unspecified atom stereocenters. The van der Waals surface area contributed by atoms with Crippen molar-refractivity contribution in [3.63, 3.8) is 0 Å². The molecule has 5 fully saturated rings. The summed E-state index contributed by atoms with van der Waals surface area (Å²) in [7, 11) is 0. The minimum Gasteiger partial charge on any atom is -0.393 e. The lowest BCUT2D eigenvalue weighted by Gasteiger charge is -2.63. The minimum absolute atomic E-state index is 0.0883. The molecule has 1 N–H and O–H groups in total. The Kier molecular flexibility index (Phi) is 5.05. The quantitative estimate of drug-likeness (QED) is 0.437. The Bertz CT molecular complexity index is 787. The second-order valence-electron chi connectivity index (χ2n) is 15.5. The Morgan fingerprint density at radius 1 is 0.844 bits per heavy atom. The van der Waals surface area contributed by atoms with Crippen molar-refractivity contribution in [2.45, 2.75) is 126 Å². The van der Waals surface area contributed by atoms with Gasteiger partial charge in [-0.05, 0) is 120 Å². The van der Waals surface area contributed by atoms with Crippen LogP contribution >= 0.6 is 0 Å². The van der Waals surface area contributed by atoms with Gasteiger partial charge in [0, 0.05) is 0 Å². The predicted octanol–water partition coefficient (Wildman–Crippen LogP) is 8.41. The molecule has 5 aliphatic rings. The summed E-state index contributed by atoms with van der Waals surface area (Å²) in [6.45, 7) is 19.7. The second kappa shape index (κ2) is 6.89. The van der Waals surface area contributed by atoms with Crippen molar-refractivity contribution < 1.29 is 5.11 Å². The Labute approximate surface area is 199 Å². The van der Waals surface area contributed by atoms with E-state index in [2.05, 4.69) is 67.5 Å². The fourth-order valence-electron chi connectivity index (χ4n) is 11.1. The maximum atomic E-state index is 10.9. The van der Waals surface area contributed by atoms with Gasteiger partial charge in [-0.15, -0.1) is 0 Å². The zero-order valence-corrected chi connectivity index (χ0v) is 22.6. The topological polar surface area (TPSA) is 20.2 Å². The zero-order valence-electron chi connectivity index (χ0n) is 22.6. The summed E-state index contributed by atoms with van der Waals surface area (Å²) >= 11 is 0. The molecule has 0 bridgehead atoms. The molecule has 182 valence electrons. The first-order chi connectivity index (χ1) is 14.7. The number of rotatable bonds is 3. The number of fused-ring (bicyclic) bond motifs is 2. The highest BCUT2D eigenvalue weighted by Gasteiger charge is 2.82. The highest BCUT2D eigenvalue weighted by Crippen LogP contribution is 2.89. The smallest absolute Gasteiger partial charge is 0.0594 e. The molecule has 0 saturated heterocycles. The number of hydrogen-bond donors (Lipinski definition) is 1. The Balaban J connectivity index is 1.40. The predicted molar refractivity (Wildman–Crippen MR) is 135 cm³/mol. The van der Waals surface area contributed by atoms with Gasteiger partial charge in [0.25, 0.3) is 0 Å². The van der Waals surface area contributed by atoms with Gasteiger partial charge in [0.2, 0.25) is 0 Å². The van der Waals surface area contributed by atoms with Crippen LogP contribution in [0.25, 0.3) is 0 Å². The Morgan fingerprint density at radius 3 is 2.19 bits per heavy atom. The lowest BCUT2D eigenvalue weighted by atomic mass is 9.42. The molecule has 0 radical (unpaired) electrons. The van der Waals surface area contributed by atoms with Gasteiger partial charge < -0.3 is 5.11 Å². The van der Waals surface area contributed by atoms with E-state index >= 15 is 0 Å². The third-order valence-corrected chi connectivity index (χ3v) is 13.0. The van der Waals surface area contributed by atoms with Crippen LogP contribution in [0.2, 0.25) is 0 Å². The van der Waals surface area contributed by atoms with E-state index in [1.807, 2.05) is 0 Å². The number of hydrogen-bond acceptors (Lipinski definition) is 1. The Morgan fingerprint density at radius 2 is 1.50 bits per heavy atom. The maximum absolute atomic E-state index is 10.9. The van der Waals surface area contributed by atoms with Crippen molar-refractivity contribution in [1.29, 1.82) is 0 Å². The molecule has 0 aromatic carbocycles. The molecular formula is C31H52O. The first-order valence-corrected chi connectivity index (χ1v) is 14.1. The number of aliphatic hydroxyl groups excluding tert-OH is 1. The molecule has 9 atom stereocenters. The average Bonchev–Trinajstić information content (AvgIpc) is 3.27. The molecular weight excluding hydrogens is 388 g/mol. The molecule has 0 heterocycles. The van der Waals surface area contributed by atoms with E-state index in [9.17, 15) is 5.11 Å². The molecule has 2 spiro atoms. The van der Waals surface area contributed by atoms with Gasteiger partial charge in [-0.25, -0.2) is 0 Å². The highest BCUT2D eigenvalue weighted by molar-refractivity contribution is 5.30. The van der Waals surface area contributed by atoms with Gasteiger partial charge in [-0.2, -0.15) is 0 Å². The summed E-state index contributed by atoms with van der Waals surface area (Å²) < 4.78 is 0. The molecule has 0 aromatic heterocycles. The van der Waals surface area contributed by atoms with Gasteiger partial charge in [-0.3, -0.25) is 0 Å². The summed E-state index contributed by atoms with van der Waals surface area (Å²) in [4.78, 5) is 0. The van der Waals surface area contributed by atoms with E-state index < -0.39 is 0 Å². The van der Waals surface area contributed by atoms with E-state index in [4.69, 9.17) is 0 Å². The lowest BCUT2D eigenvalue weighted by Crippen LogP contribution is -2.57. The van der Waals surface area contributed by atoms with Crippen molar-refractivity contribution in [1.82, 2.24) is 0 Å². The summed E-state index contributed by atoms with van der Waals surface area (Å²) in [6, 6.07) is 0. The van der Waals surface area contributed by atoms with Gasteiger partial charge in [0.05, 0.1) is 6.10 Å². The first-order valence-electron chi connectivity index (χ1n) is 14.1. The SMILES string of the molecule is C[C@H](C/C=C/C(C)(C)C)[C@H]1CC[C@@]2(C)[C@@H]3CC[C@H]4C(C)(C)[C@@H](O)CC[C@@]45C[C@@]35CC[C@]12C.